The third kappa shape index (κ3) is 9.88. The Labute approximate surface area is 91.2 Å². The summed E-state index contributed by atoms with van der Waals surface area (Å²) in [5.74, 6) is 0. The highest BCUT2D eigenvalue weighted by molar-refractivity contribution is 9.09. The molecule has 0 fully saturated rings. The maximum absolute atomic E-state index is 3.39. The topological polar surface area (TPSA) is 0 Å². The van der Waals surface area contributed by atoms with Crippen molar-refractivity contribution in [3.8, 4) is 0 Å². The van der Waals surface area contributed by atoms with E-state index < -0.39 is 0 Å². The molecule has 0 aliphatic heterocycles. The smallest absolute Gasteiger partial charge is 0.0214 e. The summed E-state index contributed by atoms with van der Waals surface area (Å²) in [6, 6.07) is 0. The van der Waals surface area contributed by atoms with Crippen LogP contribution >= 0.6 is 15.9 Å². The van der Waals surface area contributed by atoms with Crippen molar-refractivity contribution in [1.82, 2.24) is 0 Å². The molecule has 0 radical (unpaired) electrons. The Morgan fingerprint density at radius 2 is 2.00 bits per heavy atom. The number of unbranched alkanes of at least 4 members (excludes halogenated alkanes) is 3. The van der Waals surface area contributed by atoms with Gasteiger partial charge in [-0.15, -0.1) is 0 Å². The molecule has 0 unspecified atom stereocenters. The second-order valence-corrected chi connectivity index (χ2v) is 4.02. The summed E-state index contributed by atoms with van der Waals surface area (Å²) in [5, 5.41) is 0.975. The lowest BCUT2D eigenvalue weighted by atomic mass is 10.1. The van der Waals surface area contributed by atoms with Gasteiger partial charge in [0.25, 0.3) is 0 Å². The first-order valence-electron chi connectivity index (χ1n) is 5.17. The predicted molar refractivity (Wildman–Crippen MR) is 65.5 cm³/mol. The van der Waals surface area contributed by atoms with Gasteiger partial charge in [0.1, 0.15) is 0 Å². The summed E-state index contributed by atoms with van der Waals surface area (Å²) >= 11 is 3.39. The molecule has 1 heteroatoms. The first-order chi connectivity index (χ1) is 6.31. The van der Waals surface area contributed by atoms with E-state index >= 15 is 0 Å². The third-order valence-corrected chi connectivity index (χ3v) is 2.33. The van der Waals surface area contributed by atoms with Crippen LogP contribution < -0.4 is 0 Å². The Hall–Kier alpha value is -0.0400. The summed E-state index contributed by atoms with van der Waals surface area (Å²) in [7, 11) is 0. The van der Waals surface area contributed by atoms with Crippen LogP contribution in [0.2, 0.25) is 0 Å². The molecule has 0 aliphatic carbocycles. The van der Waals surface area contributed by atoms with Crippen molar-refractivity contribution in [3.05, 3.63) is 23.8 Å². The highest BCUT2D eigenvalue weighted by Crippen LogP contribution is 2.04. The molecular weight excluding hydrogens is 224 g/mol. The van der Waals surface area contributed by atoms with Gasteiger partial charge in [-0.05, 0) is 26.2 Å². The SMILES string of the molecule is CCCCCC=CCC(C)=CCBr. The molecule has 0 aromatic rings. The van der Waals surface area contributed by atoms with Gasteiger partial charge in [0, 0.05) is 5.33 Å². The molecule has 0 rings (SSSR count). The number of alkyl halides is 1. The van der Waals surface area contributed by atoms with Crippen molar-refractivity contribution < 1.29 is 0 Å². The lowest BCUT2D eigenvalue weighted by Crippen LogP contribution is -1.75. The Morgan fingerprint density at radius 1 is 1.23 bits per heavy atom. The standard InChI is InChI=1S/C12H21Br/c1-3-4-5-6-7-8-9-12(2)10-11-13/h7-8,10H,3-6,9,11H2,1-2H3. The van der Waals surface area contributed by atoms with Crippen LogP contribution in [0.15, 0.2) is 23.8 Å². The quantitative estimate of drug-likeness (QED) is 0.341. The van der Waals surface area contributed by atoms with E-state index in [2.05, 4.69) is 48.0 Å². The lowest BCUT2D eigenvalue weighted by Gasteiger charge is -1.94. The molecule has 0 saturated heterocycles. The van der Waals surface area contributed by atoms with E-state index in [0.717, 1.165) is 11.8 Å². The van der Waals surface area contributed by atoms with E-state index in [9.17, 15) is 0 Å². The zero-order valence-corrected chi connectivity index (χ0v) is 10.4. The van der Waals surface area contributed by atoms with E-state index in [1.54, 1.807) is 0 Å². The zero-order chi connectivity index (χ0) is 9.94. The monoisotopic (exact) mass is 244 g/mol. The fraction of sp³-hybridized carbons (Fsp3) is 0.667. The van der Waals surface area contributed by atoms with Crippen LogP contribution in [0.4, 0.5) is 0 Å². The molecule has 0 aromatic heterocycles. The maximum atomic E-state index is 3.39. The number of hydrogen-bond acceptors (Lipinski definition) is 0. The van der Waals surface area contributed by atoms with Crippen LogP contribution in [0, 0.1) is 0 Å². The predicted octanol–water partition coefficient (Wildman–Crippen LogP) is 4.85. The van der Waals surface area contributed by atoms with Crippen LogP contribution in [0.5, 0.6) is 0 Å². The molecule has 0 bridgehead atoms. The van der Waals surface area contributed by atoms with Crippen molar-refractivity contribution in [2.24, 2.45) is 0 Å². The summed E-state index contributed by atoms with van der Waals surface area (Å²) in [5.41, 5.74) is 1.45. The Kier molecular flexibility index (Phi) is 10.0. The van der Waals surface area contributed by atoms with E-state index in [-0.39, 0.29) is 0 Å². The third-order valence-electron chi connectivity index (χ3n) is 2.01. The highest BCUT2D eigenvalue weighted by Gasteiger charge is 1.84. The van der Waals surface area contributed by atoms with Gasteiger partial charge in [-0.2, -0.15) is 0 Å². The lowest BCUT2D eigenvalue weighted by molar-refractivity contribution is 0.728. The first kappa shape index (κ1) is 13.0. The molecule has 0 amide bonds. The number of rotatable bonds is 7. The molecule has 0 aliphatic rings. The maximum Gasteiger partial charge on any atom is 0.0214 e. The van der Waals surface area contributed by atoms with Crippen LogP contribution in [-0.4, -0.2) is 5.33 Å². The van der Waals surface area contributed by atoms with Crippen molar-refractivity contribution in [2.75, 3.05) is 5.33 Å². The molecule has 13 heavy (non-hydrogen) atoms. The van der Waals surface area contributed by atoms with Crippen molar-refractivity contribution >= 4 is 15.9 Å². The average Bonchev–Trinajstić information content (AvgIpc) is 2.11. The van der Waals surface area contributed by atoms with E-state index in [4.69, 9.17) is 0 Å². The Bertz CT molecular complexity index is 157. The van der Waals surface area contributed by atoms with Gasteiger partial charge in [-0.3, -0.25) is 0 Å². The largest absolute Gasteiger partial charge is 0.0883 e. The summed E-state index contributed by atoms with van der Waals surface area (Å²) in [6.07, 6.45) is 13.2. The molecule has 0 spiro atoms. The molecule has 76 valence electrons. The second-order valence-electron chi connectivity index (χ2n) is 3.38. The summed E-state index contributed by atoms with van der Waals surface area (Å²) < 4.78 is 0. The molecular formula is C12H21Br. The first-order valence-corrected chi connectivity index (χ1v) is 6.30. The van der Waals surface area contributed by atoms with Crippen LogP contribution in [-0.2, 0) is 0 Å². The zero-order valence-electron chi connectivity index (χ0n) is 8.85. The highest BCUT2D eigenvalue weighted by atomic mass is 79.9. The summed E-state index contributed by atoms with van der Waals surface area (Å²) in [6.45, 7) is 4.42. The second kappa shape index (κ2) is 10.0. The fourth-order valence-corrected chi connectivity index (χ4v) is 1.67. The Balaban J connectivity index is 3.35. The van der Waals surface area contributed by atoms with E-state index in [0.29, 0.717) is 0 Å². The molecule has 0 aromatic carbocycles. The van der Waals surface area contributed by atoms with Crippen molar-refractivity contribution in [2.45, 2.75) is 46.0 Å². The molecule has 0 atom stereocenters. The van der Waals surface area contributed by atoms with Gasteiger partial charge in [0.05, 0.1) is 0 Å². The fourth-order valence-electron chi connectivity index (χ4n) is 1.11. The number of allylic oxidation sites excluding steroid dienone is 4. The van der Waals surface area contributed by atoms with Gasteiger partial charge >= 0.3 is 0 Å². The van der Waals surface area contributed by atoms with E-state index in [1.807, 2.05) is 0 Å². The van der Waals surface area contributed by atoms with Gasteiger partial charge in [0.15, 0.2) is 0 Å². The minimum Gasteiger partial charge on any atom is -0.0883 e. The van der Waals surface area contributed by atoms with Gasteiger partial charge in [0.2, 0.25) is 0 Å². The van der Waals surface area contributed by atoms with Crippen molar-refractivity contribution in [1.29, 1.82) is 0 Å². The van der Waals surface area contributed by atoms with Crippen LogP contribution in [0.25, 0.3) is 0 Å². The number of halogens is 1. The van der Waals surface area contributed by atoms with Crippen LogP contribution in [0.1, 0.15) is 46.0 Å². The normalized spacial score (nSPS) is 12.7. The molecule has 0 nitrogen and oxygen atoms in total. The van der Waals surface area contributed by atoms with Gasteiger partial charge < -0.3 is 0 Å². The van der Waals surface area contributed by atoms with E-state index in [1.165, 1.54) is 31.3 Å². The molecule has 0 saturated carbocycles. The van der Waals surface area contributed by atoms with Gasteiger partial charge in [-0.1, -0.05) is 59.5 Å². The Morgan fingerprint density at radius 3 is 2.62 bits per heavy atom. The average molecular weight is 245 g/mol. The minimum atomic E-state index is 0.975. The number of hydrogen-bond donors (Lipinski definition) is 0. The summed E-state index contributed by atoms with van der Waals surface area (Å²) in [4.78, 5) is 0. The molecule has 0 N–H and O–H groups in total. The minimum absolute atomic E-state index is 0.975. The van der Waals surface area contributed by atoms with Crippen LogP contribution in [0.3, 0.4) is 0 Å². The van der Waals surface area contributed by atoms with Crippen molar-refractivity contribution in [3.63, 3.8) is 0 Å². The van der Waals surface area contributed by atoms with Gasteiger partial charge in [-0.25, -0.2) is 0 Å². The molecule has 0 heterocycles.